The van der Waals surface area contributed by atoms with Gasteiger partial charge in [-0.1, -0.05) is 5.16 Å². The van der Waals surface area contributed by atoms with Crippen LogP contribution in [0.15, 0.2) is 23.1 Å². The van der Waals surface area contributed by atoms with Crippen molar-refractivity contribution in [3.05, 3.63) is 24.5 Å². The first-order chi connectivity index (χ1) is 8.29. The van der Waals surface area contributed by atoms with Gasteiger partial charge in [0, 0.05) is 6.20 Å². The first-order valence-electron chi connectivity index (χ1n) is 4.93. The van der Waals surface area contributed by atoms with E-state index in [1.807, 2.05) is 6.07 Å². The minimum atomic E-state index is -0.793. The molecular formula is C10H9N5O2. The SMILES string of the molecule is N#CCC(O)Cc1nc(-c2ccncn2)no1. The van der Waals surface area contributed by atoms with Crippen LogP contribution < -0.4 is 0 Å². The van der Waals surface area contributed by atoms with Gasteiger partial charge in [0.15, 0.2) is 0 Å². The largest absolute Gasteiger partial charge is 0.392 e. The Kier molecular flexibility index (Phi) is 3.37. The van der Waals surface area contributed by atoms with E-state index in [4.69, 9.17) is 9.78 Å². The van der Waals surface area contributed by atoms with Crippen molar-refractivity contribution in [1.29, 1.82) is 5.26 Å². The predicted octanol–water partition coefficient (Wildman–Crippen LogP) is 0.344. The van der Waals surface area contributed by atoms with Gasteiger partial charge in [-0.05, 0) is 6.07 Å². The monoisotopic (exact) mass is 231 g/mol. The van der Waals surface area contributed by atoms with E-state index in [2.05, 4.69) is 20.1 Å². The van der Waals surface area contributed by atoms with Crippen LogP contribution in [0.1, 0.15) is 12.3 Å². The minimum Gasteiger partial charge on any atom is -0.392 e. The molecule has 0 fully saturated rings. The average Bonchev–Trinajstić information content (AvgIpc) is 2.79. The first kappa shape index (κ1) is 11.2. The number of aliphatic hydroxyl groups excluding tert-OH is 1. The fraction of sp³-hybridized carbons (Fsp3) is 0.300. The molecule has 0 saturated heterocycles. The molecule has 2 aromatic heterocycles. The number of aliphatic hydroxyl groups is 1. The molecule has 1 N–H and O–H groups in total. The maximum Gasteiger partial charge on any atom is 0.229 e. The maximum atomic E-state index is 9.41. The molecule has 0 amide bonds. The van der Waals surface area contributed by atoms with E-state index in [9.17, 15) is 5.11 Å². The lowest BCUT2D eigenvalue weighted by molar-refractivity contribution is 0.167. The van der Waals surface area contributed by atoms with Crippen molar-refractivity contribution in [3.8, 4) is 17.6 Å². The van der Waals surface area contributed by atoms with E-state index in [1.165, 1.54) is 6.33 Å². The Morgan fingerprint density at radius 1 is 1.53 bits per heavy atom. The van der Waals surface area contributed by atoms with E-state index in [0.29, 0.717) is 11.5 Å². The molecule has 7 nitrogen and oxygen atoms in total. The van der Waals surface area contributed by atoms with Gasteiger partial charge in [0.2, 0.25) is 11.7 Å². The summed E-state index contributed by atoms with van der Waals surface area (Å²) in [4.78, 5) is 11.8. The van der Waals surface area contributed by atoms with Crippen LogP contribution in [-0.2, 0) is 6.42 Å². The van der Waals surface area contributed by atoms with Crippen molar-refractivity contribution in [2.75, 3.05) is 0 Å². The highest BCUT2D eigenvalue weighted by Crippen LogP contribution is 2.12. The molecule has 2 rings (SSSR count). The molecule has 0 spiro atoms. The summed E-state index contributed by atoms with van der Waals surface area (Å²) in [6.45, 7) is 0. The van der Waals surface area contributed by atoms with Gasteiger partial charge < -0.3 is 9.63 Å². The van der Waals surface area contributed by atoms with Crippen LogP contribution in [0.25, 0.3) is 11.5 Å². The van der Waals surface area contributed by atoms with E-state index in [1.54, 1.807) is 12.3 Å². The molecule has 0 aliphatic heterocycles. The molecule has 0 radical (unpaired) electrons. The molecule has 0 saturated carbocycles. The van der Waals surface area contributed by atoms with Crippen molar-refractivity contribution in [2.24, 2.45) is 0 Å². The topological polar surface area (TPSA) is 109 Å². The van der Waals surface area contributed by atoms with E-state index >= 15 is 0 Å². The van der Waals surface area contributed by atoms with E-state index in [0.717, 1.165) is 0 Å². The number of hydrogen-bond donors (Lipinski definition) is 1. The normalized spacial score (nSPS) is 12.0. The zero-order chi connectivity index (χ0) is 12.1. The zero-order valence-electron chi connectivity index (χ0n) is 8.82. The highest BCUT2D eigenvalue weighted by molar-refractivity contribution is 5.46. The Morgan fingerprint density at radius 3 is 3.12 bits per heavy atom. The Balaban J connectivity index is 2.09. The number of nitriles is 1. The third-order valence-corrected chi connectivity index (χ3v) is 2.02. The van der Waals surface area contributed by atoms with Gasteiger partial charge >= 0.3 is 0 Å². The zero-order valence-corrected chi connectivity index (χ0v) is 8.82. The second-order valence-electron chi connectivity index (χ2n) is 3.33. The van der Waals surface area contributed by atoms with Gasteiger partial charge in [-0.3, -0.25) is 0 Å². The van der Waals surface area contributed by atoms with Crippen molar-refractivity contribution in [3.63, 3.8) is 0 Å². The van der Waals surface area contributed by atoms with Crippen LogP contribution in [0.3, 0.4) is 0 Å². The molecular weight excluding hydrogens is 222 g/mol. The number of aromatic nitrogens is 4. The lowest BCUT2D eigenvalue weighted by Crippen LogP contribution is -2.09. The van der Waals surface area contributed by atoms with Gasteiger partial charge in [-0.25, -0.2) is 9.97 Å². The molecule has 1 atom stereocenters. The quantitative estimate of drug-likeness (QED) is 0.808. The number of nitrogens with zero attached hydrogens (tertiary/aromatic N) is 5. The summed E-state index contributed by atoms with van der Waals surface area (Å²) < 4.78 is 4.95. The van der Waals surface area contributed by atoms with Crippen molar-refractivity contribution in [1.82, 2.24) is 20.1 Å². The van der Waals surface area contributed by atoms with Crippen LogP contribution in [0.5, 0.6) is 0 Å². The van der Waals surface area contributed by atoms with Gasteiger partial charge in [-0.2, -0.15) is 10.2 Å². The fourth-order valence-electron chi connectivity index (χ4n) is 1.24. The summed E-state index contributed by atoms with van der Waals surface area (Å²) >= 11 is 0. The van der Waals surface area contributed by atoms with Crippen molar-refractivity contribution >= 4 is 0 Å². The van der Waals surface area contributed by atoms with Crippen molar-refractivity contribution in [2.45, 2.75) is 18.9 Å². The molecule has 0 bridgehead atoms. The van der Waals surface area contributed by atoms with Crippen LogP contribution >= 0.6 is 0 Å². The predicted molar refractivity (Wildman–Crippen MR) is 55.3 cm³/mol. The highest BCUT2D eigenvalue weighted by Gasteiger charge is 2.13. The lowest BCUT2D eigenvalue weighted by atomic mass is 10.2. The van der Waals surface area contributed by atoms with Crippen molar-refractivity contribution < 1.29 is 9.63 Å². The summed E-state index contributed by atoms with van der Waals surface area (Å²) in [7, 11) is 0. The molecule has 0 aromatic carbocycles. The summed E-state index contributed by atoms with van der Waals surface area (Å²) in [5, 5.41) is 21.5. The van der Waals surface area contributed by atoms with Gasteiger partial charge in [0.25, 0.3) is 0 Å². The number of hydrogen-bond acceptors (Lipinski definition) is 7. The number of rotatable bonds is 4. The fourth-order valence-corrected chi connectivity index (χ4v) is 1.24. The van der Waals surface area contributed by atoms with Gasteiger partial charge in [-0.15, -0.1) is 0 Å². The Bertz CT molecular complexity index is 519. The molecule has 1 unspecified atom stereocenters. The summed E-state index contributed by atoms with van der Waals surface area (Å²) in [6, 6.07) is 3.52. The van der Waals surface area contributed by atoms with Crippen LogP contribution in [-0.4, -0.2) is 31.3 Å². The standard InChI is InChI=1S/C10H9N5O2/c11-3-1-7(16)5-9-14-10(15-17-9)8-2-4-12-6-13-8/h2,4,6-7,16H,1,5H2. The molecule has 86 valence electrons. The second kappa shape index (κ2) is 5.14. The smallest absolute Gasteiger partial charge is 0.229 e. The molecule has 17 heavy (non-hydrogen) atoms. The maximum absolute atomic E-state index is 9.41. The van der Waals surface area contributed by atoms with Gasteiger partial charge in [0.05, 0.1) is 25.0 Å². The summed E-state index contributed by atoms with van der Waals surface area (Å²) in [6.07, 6.45) is 2.36. The van der Waals surface area contributed by atoms with Crippen LogP contribution in [0, 0.1) is 11.3 Å². The highest BCUT2D eigenvalue weighted by atomic mass is 16.5. The second-order valence-corrected chi connectivity index (χ2v) is 3.33. The Morgan fingerprint density at radius 2 is 2.41 bits per heavy atom. The minimum absolute atomic E-state index is 0.0330. The summed E-state index contributed by atoms with van der Waals surface area (Å²) in [5.41, 5.74) is 0.546. The van der Waals surface area contributed by atoms with E-state index < -0.39 is 6.10 Å². The Labute approximate surface area is 96.8 Å². The first-order valence-corrected chi connectivity index (χ1v) is 4.93. The summed E-state index contributed by atoms with van der Waals surface area (Å²) in [5.74, 6) is 0.618. The molecule has 0 aliphatic rings. The van der Waals surface area contributed by atoms with Crippen LogP contribution in [0.4, 0.5) is 0 Å². The van der Waals surface area contributed by atoms with E-state index in [-0.39, 0.29) is 18.7 Å². The third kappa shape index (κ3) is 2.83. The molecule has 2 heterocycles. The third-order valence-electron chi connectivity index (χ3n) is 2.02. The molecule has 7 heteroatoms. The Hall–Kier alpha value is -2.33. The molecule has 2 aromatic rings. The lowest BCUT2D eigenvalue weighted by Gasteiger charge is -1.99. The van der Waals surface area contributed by atoms with Crippen LogP contribution in [0.2, 0.25) is 0 Å². The average molecular weight is 231 g/mol. The molecule has 0 aliphatic carbocycles. The van der Waals surface area contributed by atoms with Gasteiger partial charge in [0.1, 0.15) is 12.0 Å².